The van der Waals surface area contributed by atoms with E-state index in [1.54, 1.807) is 91.0 Å². The third kappa shape index (κ3) is 14.9. The van der Waals surface area contributed by atoms with Crippen molar-refractivity contribution >= 4 is 36.2 Å². The number of nitrogens with zero attached hydrogens (tertiary/aromatic N) is 1. The first kappa shape index (κ1) is 37.3. The number of alkyl carbamates (subject to hydrolysis) is 2. The molecule has 260 valence electrons. The predicted octanol–water partition coefficient (Wildman–Crippen LogP) is 2.91. The van der Waals surface area contributed by atoms with Gasteiger partial charge < -0.3 is 49.3 Å². The van der Waals surface area contributed by atoms with Gasteiger partial charge in [0.15, 0.2) is 0 Å². The predicted molar refractivity (Wildman–Crippen MR) is 170 cm³/mol. The highest BCUT2D eigenvalue weighted by Gasteiger charge is 2.17. The van der Waals surface area contributed by atoms with E-state index in [1.807, 2.05) is 0 Å². The fourth-order valence-electron chi connectivity index (χ4n) is 3.75. The normalized spacial score (nSPS) is 10.1. The van der Waals surface area contributed by atoms with Crippen molar-refractivity contribution in [2.45, 2.75) is 0 Å². The lowest BCUT2D eigenvalue weighted by molar-refractivity contribution is -0.0128. The lowest BCUT2D eigenvalue weighted by Gasteiger charge is -2.22. The summed E-state index contributed by atoms with van der Waals surface area (Å²) in [6.07, 6.45) is -2.52. The summed E-state index contributed by atoms with van der Waals surface area (Å²) in [5.74, 6) is -1.98. The lowest BCUT2D eigenvalue weighted by atomic mass is 10.2. The summed E-state index contributed by atoms with van der Waals surface area (Å²) in [6.45, 7) is -1.17. The molecule has 3 N–H and O–H groups in total. The molecule has 0 bridgehead atoms. The number of esters is 3. The van der Waals surface area contributed by atoms with E-state index in [-0.39, 0.29) is 44.8 Å². The van der Waals surface area contributed by atoms with Crippen molar-refractivity contribution in [3.8, 4) is 0 Å². The zero-order valence-corrected chi connectivity index (χ0v) is 26.4. The maximum Gasteiger partial charge on any atom is 0.412 e. The molecule has 0 spiro atoms. The second-order valence-corrected chi connectivity index (χ2v) is 9.61. The molecule has 0 aromatic heterocycles. The van der Waals surface area contributed by atoms with Crippen LogP contribution in [0, 0.1) is 0 Å². The topological polar surface area (TPSA) is 197 Å². The highest BCUT2D eigenvalue weighted by molar-refractivity contribution is 5.90. The zero-order chi connectivity index (χ0) is 35.1. The second-order valence-electron chi connectivity index (χ2n) is 9.61. The van der Waals surface area contributed by atoms with Gasteiger partial charge in [-0.25, -0.2) is 28.8 Å². The molecule has 3 amide bonds. The number of carbonyl (C=O) groups is 6. The van der Waals surface area contributed by atoms with Crippen LogP contribution in [-0.2, 0) is 28.4 Å². The number of nitrogens with one attached hydrogen (secondary N) is 3. The number of amides is 3. The van der Waals surface area contributed by atoms with Crippen LogP contribution in [0.2, 0.25) is 0 Å². The highest BCUT2D eigenvalue weighted by atomic mass is 16.7. The van der Waals surface area contributed by atoms with E-state index in [9.17, 15) is 28.8 Å². The van der Waals surface area contributed by atoms with Crippen molar-refractivity contribution < 1.29 is 57.2 Å². The molecule has 16 nitrogen and oxygen atoms in total. The Kier molecular flexibility index (Phi) is 16.4. The first-order chi connectivity index (χ1) is 23.8. The summed E-state index contributed by atoms with van der Waals surface area (Å²) >= 11 is 0. The second kappa shape index (κ2) is 21.6. The third-order valence-corrected chi connectivity index (χ3v) is 6.20. The van der Waals surface area contributed by atoms with Gasteiger partial charge in [-0.1, -0.05) is 54.6 Å². The molecule has 0 radical (unpaired) electrons. The minimum atomic E-state index is -0.892. The van der Waals surface area contributed by atoms with Crippen LogP contribution in [0.3, 0.4) is 0 Å². The molecule has 49 heavy (non-hydrogen) atoms. The van der Waals surface area contributed by atoms with Gasteiger partial charge in [0, 0.05) is 39.3 Å². The smallest absolute Gasteiger partial charge is 0.412 e. The van der Waals surface area contributed by atoms with E-state index in [0.717, 1.165) is 0 Å². The minimum Gasteiger partial charge on any atom is -0.424 e. The Balaban J connectivity index is 1.35. The third-order valence-electron chi connectivity index (χ3n) is 6.20. The van der Waals surface area contributed by atoms with Crippen molar-refractivity contribution in [3.05, 3.63) is 108 Å². The average molecular weight is 681 g/mol. The Morgan fingerprint density at radius 3 is 1.29 bits per heavy atom. The Morgan fingerprint density at radius 2 is 0.837 bits per heavy atom. The molecule has 3 aromatic rings. The molecule has 0 unspecified atom stereocenters. The molecule has 0 saturated heterocycles. The first-order valence-corrected chi connectivity index (χ1v) is 14.9. The van der Waals surface area contributed by atoms with E-state index in [1.165, 1.54) is 4.90 Å². The van der Waals surface area contributed by atoms with Crippen LogP contribution in [0.4, 0.5) is 14.4 Å². The van der Waals surface area contributed by atoms with E-state index in [4.69, 9.17) is 28.4 Å². The molecule has 16 heteroatoms. The average Bonchev–Trinajstić information content (AvgIpc) is 3.13. The highest BCUT2D eigenvalue weighted by Crippen LogP contribution is 2.04. The Morgan fingerprint density at radius 1 is 0.449 bits per heavy atom. The maximum atomic E-state index is 12.7. The number of ether oxygens (including phenoxy) is 6. The van der Waals surface area contributed by atoms with Crippen molar-refractivity contribution in [2.75, 3.05) is 59.6 Å². The fourth-order valence-corrected chi connectivity index (χ4v) is 3.75. The van der Waals surface area contributed by atoms with Gasteiger partial charge >= 0.3 is 36.2 Å². The van der Waals surface area contributed by atoms with Gasteiger partial charge in [0.1, 0.15) is 0 Å². The van der Waals surface area contributed by atoms with Crippen molar-refractivity contribution in [2.24, 2.45) is 0 Å². The van der Waals surface area contributed by atoms with Crippen LogP contribution in [0.5, 0.6) is 0 Å². The summed E-state index contributed by atoms with van der Waals surface area (Å²) in [5, 5.41) is 7.93. The Bertz CT molecular complexity index is 1490. The molecule has 3 rings (SSSR count). The van der Waals surface area contributed by atoms with E-state index < -0.39 is 56.6 Å². The molecule has 3 aromatic carbocycles. The number of rotatable bonds is 18. The molecular weight excluding hydrogens is 644 g/mol. The standard InChI is InChI=1S/C33H36N4O12/c38-28(25-10-4-1-5-11-25)44-22-47-31(41)35-17-16-34-18-20-37(33(43)49-24-46-30(40)27-14-8-3-9-15-27)21-19-36-32(42)48-23-45-29(39)26-12-6-2-7-13-26/h1-15,34H,16-24H2,(H,35,41)(H,36,42). The van der Waals surface area contributed by atoms with Crippen molar-refractivity contribution in [3.63, 3.8) is 0 Å². The molecule has 0 aliphatic rings. The minimum absolute atomic E-state index is 0.0294. The number of hydrogen-bond donors (Lipinski definition) is 3. The van der Waals surface area contributed by atoms with Crippen LogP contribution in [0.15, 0.2) is 91.0 Å². The molecule has 0 aliphatic carbocycles. The van der Waals surface area contributed by atoms with Gasteiger partial charge in [0.2, 0.25) is 20.4 Å². The van der Waals surface area contributed by atoms with E-state index in [2.05, 4.69) is 16.0 Å². The van der Waals surface area contributed by atoms with Crippen LogP contribution in [0.25, 0.3) is 0 Å². The van der Waals surface area contributed by atoms with Gasteiger partial charge in [-0.05, 0) is 36.4 Å². The largest absolute Gasteiger partial charge is 0.424 e. The van der Waals surface area contributed by atoms with Crippen molar-refractivity contribution in [1.29, 1.82) is 0 Å². The molecule has 0 saturated carbocycles. The molecule has 0 aliphatic heterocycles. The van der Waals surface area contributed by atoms with Gasteiger partial charge in [-0.3, -0.25) is 0 Å². The summed E-state index contributed by atoms with van der Waals surface area (Å²) in [6, 6.07) is 24.5. The quantitative estimate of drug-likeness (QED) is 0.0768. The molecular formula is C33H36N4O12. The van der Waals surface area contributed by atoms with Gasteiger partial charge in [0.05, 0.1) is 16.7 Å². The fraction of sp³-hybridized carbons (Fsp3) is 0.273. The van der Waals surface area contributed by atoms with Crippen molar-refractivity contribution in [1.82, 2.24) is 20.9 Å². The summed E-state index contributed by atoms with van der Waals surface area (Å²) in [5.41, 5.74) is 0.892. The number of benzene rings is 3. The first-order valence-electron chi connectivity index (χ1n) is 14.9. The van der Waals surface area contributed by atoms with Gasteiger partial charge in [-0.2, -0.15) is 0 Å². The lowest BCUT2D eigenvalue weighted by Crippen LogP contribution is -2.43. The van der Waals surface area contributed by atoms with Crippen LogP contribution < -0.4 is 16.0 Å². The molecule has 0 atom stereocenters. The molecule has 0 fully saturated rings. The SMILES string of the molecule is O=C(NCCNCCN(CCNC(=O)OCOC(=O)c1ccccc1)C(=O)OCOC(=O)c1ccccc1)OCOC(=O)c1ccccc1. The van der Waals surface area contributed by atoms with E-state index >= 15 is 0 Å². The summed E-state index contributed by atoms with van der Waals surface area (Å²) in [4.78, 5) is 73.8. The monoisotopic (exact) mass is 680 g/mol. The Labute approximate surface area is 281 Å². The number of carbonyl (C=O) groups excluding carboxylic acids is 6. The van der Waals surface area contributed by atoms with Gasteiger partial charge in [0.25, 0.3) is 0 Å². The molecule has 0 heterocycles. The van der Waals surface area contributed by atoms with Crippen LogP contribution >= 0.6 is 0 Å². The van der Waals surface area contributed by atoms with E-state index in [0.29, 0.717) is 11.1 Å². The number of hydrogen-bond acceptors (Lipinski definition) is 13. The van der Waals surface area contributed by atoms with Crippen LogP contribution in [-0.4, -0.2) is 101 Å². The van der Waals surface area contributed by atoms with Gasteiger partial charge in [-0.15, -0.1) is 0 Å². The Hall–Kier alpha value is -6.16. The maximum absolute atomic E-state index is 12.7. The summed E-state index contributed by atoms with van der Waals surface area (Å²) in [7, 11) is 0. The van der Waals surface area contributed by atoms with Crippen LogP contribution in [0.1, 0.15) is 31.1 Å². The zero-order valence-electron chi connectivity index (χ0n) is 26.4. The summed E-state index contributed by atoms with van der Waals surface area (Å²) < 4.78 is 29.5.